The summed E-state index contributed by atoms with van der Waals surface area (Å²) in [5.41, 5.74) is 0. The molecule has 6 nitrogen and oxygen atoms in total. The van der Waals surface area contributed by atoms with Crippen molar-refractivity contribution >= 4 is 12.4 Å². The molecule has 0 amide bonds. The number of aliphatic hydroxyl groups is 5. The molecule has 14 heavy (non-hydrogen) atoms. The van der Waals surface area contributed by atoms with Crippen molar-refractivity contribution in [1.82, 2.24) is 5.32 Å². The maximum atomic E-state index is 9.21. The summed E-state index contributed by atoms with van der Waals surface area (Å²) in [5.74, 6) is 0. The Morgan fingerprint density at radius 3 is 1.79 bits per heavy atom. The molecule has 0 aliphatic heterocycles. The van der Waals surface area contributed by atoms with Crippen LogP contribution in [0.25, 0.3) is 0 Å². The van der Waals surface area contributed by atoms with Crippen LogP contribution in [0.2, 0.25) is 0 Å². The van der Waals surface area contributed by atoms with Gasteiger partial charge >= 0.3 is 0 Å². The summed E-state index contributed by atoms with van der Waals surface area (Å²) in [5, 5.41) is 47.5. The van der Waals surface area contributed by atoms with Crippen LogP contribution >= 0.6 is 12.4 Å². The molecule has 0 aliphatic carbocycles. The number of aliphatic hydroxyl groups excluding tert-OH is 5. The molecule has 0 fully saturated rings. The minimum atomic E-state index is -1.55. The fraction of sp³-hybridized carbons (Fsp3) is 1.00. The lowest BCUT2D eigenvalue weighted by molar-refractivity contribution is -0.113. The van der Waals surface area contributed by atoms with Gasteiger partial charge in [-0.3, -0.25) is 0 Å². The maximum absolute atomic E-state index is 9.21. The van der Waals surface area contributed by atoms with E-state index in [1.165, 1.54) is 0 Å². The SMILES string of the molecule is CNC[C@@H](O)[C@H](O)[C@H](O)[C@@H](O)CO.Cl. The van der Waals surface area contributed by atoms with Crippen LogP contribution in [0.15, 0.2) is 0 Å². The zero-order valence-electron chi connectivity index (χ0n) is 7.87. The van der Waals surface area contributed by atoms with Gasteiger partial charge in [0.2, 0.25) is 0 Å². The Balaban J connectivity index is 0. The van der Waals surface area contributed by atoms with Crippen LogP contribution in [0, 0.1) is 0 Å². The van der Waals surface area contributed by atoms with Crippen LogP contribution < -0.4 is 5.32 Å². The zero-order valence-corrected chi connectivity index (χ0v) is 8.68. The van der Waals surface area contributed by atoms with Gasteiger partial charge in [-0.05, 0) is 7.05 Å². The molecule has 0 unspecified atom stereocenters. The fourth-order valence-corrected chi connectivity index (χ4v) is 0.893. The zero-order chi connectivity index (χ0) is 10.4. The average Bonchev–Trinajstić information content (AvgIpc) is 2.14. The summed E-state index contributed by atoms with van der Waals surface area (Å²) in [6.07, 6.45) is -5.65. The fourth-order valence-electron chi connectivity index (χ4n) is 0.893. The second kappa shape index (κ2) is 8.37. The number of halogens is 1. The van der Waals surface area contributed by atoms with Gasteiger partial charge in [-0.25, -0.2) is 0 Å². The first-order valence-electron chi connectivity index (χ1n) is 4.02. The summed E-state index contributed by atoms with van der Waals surface area (Å²) in [7, 11) is 1.57. The third kappa shape index (κ3) is 5.06. The first kappa shape index (κ1) is 16.5. The van der Waals surface area contributed by atoms with Gasteiger partial charge in [-0.2, -0.15) is 0 Å². The summed E-state index contributed by atoms with van der Waals surface area (Å²) in [4.78, 5) is 0. The van der Waals surface area contributed by atoms with Gasteiger partial charge in [0, 0.05) is 6.54 Å². The van der Waals surface area contributed by atoms with Crippen molar-refractivity contribution in [2.45, 2.75) is 24.4 Å². The predicted molar refractivity (Wildman–Crippen MR) is 52.3 cm³/mol. The smallest absolute Gasteiger partial charge is 0.111 e. The average molecular weight is 232 g/mol. The summed E-state index contributed by atoms with van der Waals surface area (Å²) in [6, 6.07) is 0. The van der Waals surface area contributed by atoms with Gasteiger partial charge in [0.15, 0.2) is 0 Å². The van der Waals surface area contributed by atoms with Crippen LogP contribution in [0.5, 0.6) is 0 Å². The molecule has 88 valence electrons. The molecule has 0 saturated carbocycles. The highest BCUT2D eigenvalue weighted by molar-refractivity contribution is 5.85. The lowest BCUT2D eigenvalue weighted by Crippen LogP contribution is -2.48. The molecule has 0 saturated heterocycles. The van der Waals surface area contributed by atoms with E-state index in [0.717, 1.165) is 0 Å². The number of nitrogens with one attached hydrogen (secondary N) is 1. The number of likely N-dealkylation sites (N-methyl/N-ethyl adjacent to an activating group) is 1. The van der Waals surface area contributed by atoms with Crippen LogP contribution in [0.1, 0.15) is 0 Å². The maximum Gasteiger partial charge on any atom is 0.111 e. The van der Waals surface area contributed by atoms with Gasteiger partial charge in [0.25, 0.3) is 0 Å². The first-order chi connectivity index (χ1) is 6.04. The van der Waals surface area contributed by atoms with Crippen molar-refractivity contribution < 1.29 is 25.5 Å². The molecule has 0 radical (unpaired) electrons. The molecule has 0 aliphatic rings. The second-order valence-corrected chi connectivity index (χ2v) is 2.86. The van der Waals surface area contributed by atoms with E-state index >= 15 is 0 Å². The van der Waals surface area contributed by atoms with Gasteiger partial charge < -0.3 is 30.8 Å². The highest BCUT2D eigenvalue weighted by atomic mass is 35.5. The van der Waals surface area contributed by atoms with Gasteiger partial charge in [0.1, 0.15) is 18.3 Å². The van der Waals surface area contributed by atoms with Crippen LogP contribution in [-0.4, -0.2) is 70.1 Å². The Kier molecular flexibility index (Phi) is 9.85. The van der Waals surface area contributed by atoms with Crippen molar-refractivity contribution in [3.63, 3.8) is 0 Å². The lowest BCUT2D eigenvalue weighted by Gasteiger charge is -2.25. The van der Waals surface area contributed by atoms with E-state index in [1.54, 1.807) is 7.05 Å². The largest absolute Gasteiger partial charge is 0.394 e. The second-order valence-electron chi connectivity index (χ2n) is 2.86. The molecule has 0 rings (SSSR count). The Hall–Kier alpha value is 0.0500. The third-order valence-electron chi connectivity index (χ3n) is 1.74. The van der Waals surface area contributed by atoms with Crippen molar-refractivity contribution in [3.8, 4) is 0 Å². The van der Waals surface area contributed by atoms with Gasteiger partial charge in [0.05, 0.1) is 12.7 Å². The molecule has 0 aromatic rings. The first-order valence-corrected chi connectivity index (χ1v) is 4.02. The molecule has 0 aromatic carbocycles. The van der Waals surface area contributed by atoms with E-state index < -0.39 is 31.0 Å². The Labute approximate surface area is 88.6 Å². The lowest BCUT2D eigenvalue weighted by atomic mass is 10.0. The quantitative estimate of drug-likeness (QED) is 0.292. The van der Waals surface area contributed by atoms with Crippen LogP contribution in [-0.2, 0) is 0 Å². The highest BCUT2D eigenvalue weighted by Gasteiger charge is 2.29. The van der Waals surface area contributed by atoms with Crippen molar-refractivity contribution in [1.29, 1.82) is 0 Å². The van der Waals surface area contributed by atoms with E-state index in [4.69, 9.17) is 20.4 Å². The molecule has 6 N–H and O–H groups in total. The van der Waals surface area contributed by atoms with Crippen molar-refractivity contribution in [2.24, 2.45) is 0 Å². The normalized spacial score (nSPS) is 19.3. The molecule has 4 atom stereocenters. The van der Waals surface area contributed by atoms with E-state index in [1.807, 2.05) is 0 Å². The van der Waals surface area contributed by atoms with Crippen molar-refractivity contribution in [3.05, 3.63) is 0 Å². The van der Waals surface area contributed by atoms with Crippen LogP contribution in [0.3, 0.4) is 0 Å². The summed E-state index contributed by atoms with van der Waals surface area (Å²) >= 11 is 0. The van der Waals surface area contributed by atoms with Gasteiger partial charge in [-0.1, -0.05) is 0 Å². The molecule has 0 bridgehead atoms. The molecular weight excluding hydrogens is 214 g/mol. The summed E-state index contributed by atoms with van der Waals surface area (Å²) in [6.45, 7) is -0.569. The number of hydrogen-bond acceptors (Lipinski definition) is 6. The van der Waals surface area contributed by atoms with E-state index in [2.05, 4.69) is 5.32 Å². The summed E-state index contributed by atoms with van der Waals surface area (Å²) < 4.78 is 0. The molecule has 0 heterocycles. The third-order valence-corrected chi connectivity index (χ3v) is 1.74. The monoisotopic (exact) mass is 231 g/mol. The number of rotatable bonds is 6. The topological polar surface area (TPSA) is 113 Å². The Morgan fingerprint density at radius 1 is 1.00 bits per heavy atom. The Bertz CT molecular complexity index is 139. The standard InChI is InChI=1S/C7H17NO5.ClH/c1-8-2-4(10)6(12)7(13)5(11)3-9;/h4-13H,2-3H2,1H3;1H/t4-,5+,6+,7-;/m1./s1. The molecule has 0 aromatic heterocycles. The minimum Gasteiger partial charge on any atom is -0.394 e. The predicted octanol–water partition coefficient (Wildman–Crippen LogP) is -2.94. The van der Waals surface area contributed by atoms with Crippen molar-refractivity contribution in [2.75, 3.05) is 20.2 Å². The van der Waals surface area contributed by atoms with E-state index in [-0.39, 0.29) is 19.0 Å². The Morgan fingerprint density at radius 2 is 1.43 bits per heavy atom. The van der Waals surface area contributed by atoms with E-state index in [9.17, 15) is 5.11 Å². The molecular formula is C7H18ClNO5. The highest BCUT2D eigenvalue weighted by Crippen LogP contribution is 2.04. The van der Waals surface area contributed by atoms with Crippen LogP contribution in [0.4, 0.5) is 0 Å². The molecule has 7 heteroatoms. The number of hydrogen-bond donors (Lipinski definition) is 6. The van der Waals surface area contributed by atoms with E-state index in [0.29, 0.717) is 0 Å². The molecule has 0 spiro atoms. The minimum absolute atomic E-state index is 0. The van der Waals surface area contributed by atoms with Gasteiger partial charge in [-0.15, -0.1) is 12.4 Å².